The first kappa shape index (κ1) is 30.3. The molecule has 11 heteroatoms. The summed E-state index contributed by atoms with van der Waals surface area (Å²) in [6.45, 7) is 14.5. The zero-order valence-corrected chi connectivity index (χ0v) is 25.1. The molecule has 11 nitrogen and oxygen atoms in total. The van der Waals surface area contributed by atoms with Crippen LogP contribution in [0.1, 0.15) is 72.5 Å². The Morgan fingerprint density at radius 2 is 1.79 bits per heavy atom. The normalized spacial score (nSPS) is 42.0. The fraction of sp³-hybridized carbons (Fsp3) is 0.677. The van der Waals surface area contributed by atoms with Gasteiger partial charge in [0.05, 0.1) is 25.7 Å². The van der Waals surface area contributed by atoms with E-state index in [1.165, 1.54) is 33.5 Å². The number of rotatable bonds is 5. The quantitative estimate of drug-likeness (QED) is 0.306. The van der Waals surface area contributed by atoms with Gasteiger partial charge in [-0.1, -0.05) is 34.3 Å². The molecule has 0 radical (unpaired) electrons. The molecular formula is C31H40O11. The number of hydrogen-bond donors (Lipinski definition) is 1. The number of carbonyl (C=O) groups excluding carboxylic acids is 4. The van der Waals surface area contributed by atoms with Crippen LogP contribution < -0.4 is 0 Å². The van der Waals surface area contributed by atoms with E-state index in [1.807, 2.05) is 27.7 Å². The standard InChI is InChI=1S/C31H40O11/c1-15-19-9-11-29(6)24(18-10-12-38-14-18)41-27(36)26(40-17(3)33)31(15,29)42-25-22(39-16(2)32)23(35)28(4,5)20(30(19,25)7)13-21(34)37-8/h10,12,14,19-20,22-26,35H,1,9,11,13H2,2-8H3. The lowest BCUT2D eigenvalue weighted by atomic mass is 9.40. The van der Waals surface area contributed by atoms with Gasteiger partial charge in [-0.2, -0.15) is 0 Å². The summed E-state index contributed by atoms with van der Waals surface area (Å²) in [5.74, 6) is -3.52. The Kier molecular flexibility index (Phi) is 7.17. The van der Waals surface area contributed by atoms with E-state index in [4.69, 9.17) is 28.1 Å². The van der Waals surface area contributed by atoms with Gasteiger partial charge >= 0.3 is 23.9 Å². The summed E-state index contributed by atoms with van der Waals surface area (Å²) in [5, 5.41) is 11.8. The highest BCUT2D eigenvalue weighted by atomic mass is 16.6. The molecule has 1 aromatic heterocycles. The molecule has 2 bridgehead atoms. The zero-order valence-electron chi connectivity index (χ0n) is 25.1. The molecule has 0 aromatic carbocycles. The predicted molar refractivity (Wildman–Crippen MR) is 144 cm³/mol. The van der Waals surface area contributed by atoms with Crippen LogP contribution in [0.2, 0.25) is 0 Å². The lowest BCUT2D eigenvalue weighted by Crippen LogP contribution is -2.80. The number of furan rings is 1. The summed E-state index contributed by atoms with van der Waals surface area (Å²) >= 11 is 0. The number of ether oxygens (including phenoxy) is 5. The number of cyclic esters (lactones) is 1. The molecule has 2 saturated heterocycles. The van der Waals surface area contributed by atoms with Crippen LogP contribution in [0, 0.1) is 28.1 Å². The molecule has 10 atom stereocenters. The van der Waals surface area contributed by atoms with Gasteiger partial charge in [0.15, 0.2) is 6.10 Å². The van der Waals surface area contributed by atoms with Gasteiger partial charge in [0.1, 0.15) is 17.8 Å². The van der Waals surface area contributed by atoms with Crippen molar-refractivity contribution >= 4 is 23.9 Å². The molecule has 5 rings (SSSR count). The van der Waals surface area contributed by atoms with Gasteiger partial charge < -0.3 is 33.2 Å². The van der Waals surface area contributed by atoms with Crippen LogP contribution in [0.25, 0.3) is 0 Å². The maximum Gasteiger partial charge on any atom is 0.351 e. The number of carbonyl (C=O) groups is 4. The van der Waals surface area contributed by atoms with Crippen LogP contribution in [0.3, 0.4) is 0 Å². The first-order valence-corrected chi connectivity index (χ1v) is 14.3. The summed E-state index contributed by atoms with van der Waals surface area (Å²) in [7, 11) is 1.31. The third-order valence-electron chi connectivity index (χ3n) is 10.8. The number of esters is 4. The first-order valence-electron chi connectivity index (χ1n) is 14.3. The van der Waals surface area contributed by atoms with E-state index in [9.17, 15) is 24.3 Å². The number of methoxy groups -OCH3 is 1. The fourth-order valence-corrected chi connectivity index (χ4v) is 8.85. The van der Waals surface area contributed by atoms with Crippen molar-refractivity contribution < 1.29 is 52.4 Å². The fourth-order valence-electron chi connectivity index (χ4n) is 8.85. The second-order valence-corrected chi connectivity index (χ2v) is 13.2. The van der Waals surface area contributed by atoms with Gasteiger partial charge in [0, 0.05) is 36.7 Å². The molecule has 2 saturated carbocycles. The minimum Gasteiger partial charge on any atom is -0.472 e. The van der Waals surface area contributed by atoms with Gasteiger partial charge in [-0.3, -0.25) is 14.4 Å². The van der Waals surface area contributed by atoms with Crippen molar-refractivity contribution in [1.82, 2.24) is 0 Å². The van der Waals surface area contributed by atoms with E-state index in [0.29, 0.717) is 24.0 Å². The third kappa shape index (κ3) is 3.92. The van der Waals surface area contributed by atoms with E-state index in [0.717, 1.165) is 0 Å². The van der Waals surface area contributed by atoms with Crippen molar-refractivity contribution in [2.45, 2.75) is 96.9 Å². The van der Waals surface area contributed by atoms with Crippen LogP contribution >= 0.6 is 0 Å². The topological polar surface area (TPSA) is 148 Å². The van der Waals surface area contributed by atoms with E-state index in [1.54, 1.807) is 6.07 Å². The van der Waals surface area contributed by atoms with Gasteiger partial charge in [-0.25, -0.2) is 4.79 Å². The molecule has 3 heterocycles. The van der Waals surface area contributed by atoms with Crippen LogP contribution in [0.5, 0.6) is 0 Å². The molecule has 42 heavy (non-hydrogen) atoms. The Bertz CT molecular complexity index is 1300. The molecule has 10 unspecified atom stereocenters. The van der Waals surface area contributed by atoms with Gasteiger partial charge in [0.2, 0.25) is 6.10 Å². The Balaban J connectivity index is 1.76. The lowest BCUT2D eigenvalue weighted by molar-refractivity contribution is -0.355. The van der Waals surface area contributed by atoms with Crippen molar-refractivity contribution in [2.75, 3.05) is 7.11 Å². The van der Waals surface area contributed by atoms with Crippen molar-refractivity contribution in [1.29, 1.82) is 0 Å². The molecule has 1 aromatic rings. The summed E-state index contributed by atoms with van der Waals surface area (Å²) in [5.41, 5.74) is -3.38. The highest BCUT2D eigenvalue weighted by molar-refractivity contribution is 5.83. The maximum atomic E-state index is 13.7. The molecule has 0 amide bonds. The lowest BCUT2D eigenvalue weighted by Gasteiger charge is -2.72. The minimum absolute atomic E-state index is 0.0369. The monoisotopic (exact) mass is 588 g/mol. The summed E-state index contributed by atoms with van der Waals surface area (Å²) in [4.78, 5) is 51.4. The zero-order chi connectivity index (χ0) is 31.0. The van der Waals surface area contributed by atoms with Crippen molar-refractivity contribution in [3.63, 3.8) is 0 Å². The Morgan fingerprint density at radius 1 is 1.12 bits per heavy atom. The van der Waals surface area contributed by atoms with E-state index >= 15 is 0 Å². The van der Waals surface area contributed by atoms with Crippen LogP contribution in [0.15, 0.2) is 35.2 Å². The second kappa shape index (κ2) is 9.94. The van der Waals surface area contributed by atoms with Crippen molar-refractivity contribution in [3.8, 4) is 0 Å². The first-order chi connectivity index (χ1) is 19.6. The Hall–Kier alpha value is -3.18. The van der Waals surface area contributed by atoms with Crippen LogP contribution in [-0.2, 0) is 42.9 Å². The second-order valence-electron chi connectivity index (χ2n) is 13.2. The maximum absolute atomic E-state index is 13.7. The van der Waals surface area contributed by atoms with E-state index in [-0.39, 0.29) is 6.42 Å². The predicted octanol–water partition coefficient (Wildman–Crippen LogP) is 3.44. The van der Waals surface area contributed by atoms with Crippen molar-refractivity contribution in [2.24, 2.45) is 28.1 Å². The summed E-state index contributed by atoms with van der Waals surface area (Å²) < 4.78 is 35.0. The molecule has 4 aliphatic rings. The number of fused-ring (bicyclic) bond motifs is 3. The van der Waals surface area contributed by atoms with Gasteiger partial charge in [0.25, 0.3) is 0 Å². The van der Waals surface area contributed by atoms with E-state index < -0.39 is 88.1 Å². The molecule has 2 aliphatic carbocycles. The van der Waals surface area contributed by atoms with Crippen LogP contribution in [-0.4, -0.2) is 66.1 Å². The number of aliphatic hydroxyl groups excluding tert-OH is 1. The summed E-state index contributed by atoms with van der Waals surface area (Å²) in [6.07, 6.45) is -1.88. The largest absolute Gasteiger partial charge is 0.472 e. The molecule has 1 N–H and O–H groups in total. The molecular weight excluding hydrogens is 548 g/mol. The highest BCUT2D eigenvalue weighted by Crippen LogP contribution is 2.72. The van der Waals surface area contributed by atoms with E-state index in [2.05, 4.69) is 6.58 Å². The number of aliphatic hydroxyl groups is 1. The van der Waals surface area contributed by atoms with Crippen LogP contribution in [0.4, 0.5) is 0 Å². The SMILES string of the molecule is C=C1C2CCC3(C)C(c4ccoc4)OC(=O)C(OC(C)=O)C13OC1C(OC(C)=O)C(O)C(C)(C)C(CC(=O)OC)C21C. The van der Waals surface area contributed by atoms with Gasteiger partial charge in [-0.05, 0) is 41.7 Å². The minimum atomic E-state index is -1.63. The van der Waals surface area contributed by atoms with Gasteiger partial charge in [-0.15, -0.1) is 0 Å². The molecule has 1 spiro atoms. The average molecular weight is 589 g/mol. The molecule has 4 fully saturated rings. The average Bonchev–Trinajstić information content (AvgIpc) is 3.44. The summed E-state index contributed by atoms with van der Waals surface area (Å²) in [6, 6.07) is 1.70. The highest BCUT2D eigenvalue weighted by Gasteiger charge is 2.79. The Labute approximate surface area is 244 Å². The Morgan fingerprint density at radius 3 is 2.36 bits per heavy atom. The number of hydrogen-bond acceptors (Lipinski definition) is 11. The third-order valence-corrected chi connectivity index (χ3v) is 10.8. The smallest absolute Gasteiger partial charge is 0.351 e. The molecule has 230 valence electrons. The molecule has 2 aliphatic heterocycles. The van der Waals surface area contributed by atoms with Crippen molar-refractivity contribution in [3.05, 3.63) is 36.3 Å².